The minimum absolute atomic E-state index is 0. The summed E-state index contributed by atoms with van der Waals surface area (Å²) in [5, 5.41) is 0. The molecule has 1 saturated heterocycles. The molecule has 0 bridgehead atoms. The fourth-order valence-corrected chi connectivity index (χ4v) is 4.72. The second kappa shape index (κ2) is 9.81. The summed E-state index contributed by atoms with van der Waals surface area (Å²) in [5.41, 5.74) is 1.31. The number of nitrogens with zero attached hydrogens (tertiary/aromatic N) is 2. The van der Waals surface area contributed by atoms with E-state index in [1.54, 1.807) is 9.80 Å². The van der Waals surface area contributed by atoms with Crippen molar-refractivity contribution >= 4 is 23.3 Å². The number of rotatable bonds is 4. The van der Waals surface area contributed by atoms with Crippen LogP contribution in [-0.4, -0.2) is 51.3 Å². The summed E-state index contributed by atoms with van der Waals surface area (Å²) in [6.07, 6.45) is 3.12. The Bertz CT molecular complexity index is 662. The molecule has 0 spiro atoms. The van der Waals surface area contributed by atoms with Crippen LogP contribution in [-0.2, 0) is 0 Å². The van der Waals surface area contributed by atoms with E-state index in [9.17, 15) is 0 Å². The van der Waals surface area contributed by atoms with Gasteiger partial charge in [0.05, 0.1) is 24.2 Å². The third-order valence-corrected chi connectivity index (χ3v) is 6.21. The van der Waals surface area contributed by atoms with Gasteiger partial charge in [0.25, 0.3) is 0 Å². The van der Waals surface area contributed by atoms with Gasteiger partial charge in [-0.05, 0) is 24.3 Å². The second-order valence-corrected chi connectivity index (χ2v) is 7.94. The number of aromatic nitrogens is 1. The summed E-state index contributed by atoms with van der Waals surface area (Å²) >= 11 is 1.84. The van der Waals surface area contributed by atoms with Gasteiger partial charge in [0.2, 0.25) is 0 Å². The van der Waals surface area contributed by atoms with Gasteiger partial charge in [0, 0.05) is 24.1 Å². The Labute approximate surface area is 172 Å². The maximum absolute atomic E-state index is 4.67. The van der Waals surface area contributed by atoms with Crippen LogP contribution in [0.4, 0.5) is 11.5 Å². The number of hydrogen-bond acceptors (Lipinski definition) is 3. The van der Waals surface area contributed by atoms with Crippen molar-refractivity contribution in [3.8, 4) is 0 Å². The number of hydrogen-bond donors (Lipinski definition) is 2. The molecule has 0 atom stereocenters. The number of para-hydroxylation sites is 1. The van der Waals surface area contributed by atoms with Crippen LogP contribution >= 0.6 is 11.8 Å². The summed E-state index contributed by atoms with van der Waals surface area (Å²) in [7, 11) is 2.31. The lowest BCUT2D eigenvalue weighted by Gasteiger charge is -2.32. The van der Waals surface area contributed by atoms with Crippen LogP contribution < -0.4 is 39.5 Å². The maximum Gasteiger partial charge on any atom is 0.147 e. The molecule has 2 aliphatic heterocycles. The van der Waals surface area contributed by atoms with Crippen molar-refractivity contribution in [2.24, 2.45) is 0 Å². The smallest absolute Gasteiger partial charge is 0.147 e. The summed E-state index contributed by atoms with van der Waals surface area (Å²) in [4.78, 5) is 13.1. The van der Waals surface area contributed by atoms with E-state index >= 15 is 0 Å². The third kappa shape index (κ3) is 4.65. The summed E-state index contributed by atoms with van der Waals surface area (Å²) in [6.45, 7) is 7.56. The maximum atomic E-state index is 4.67. The van der Waals surface area contributed by atoms with Crippen LogP contribution in [0, 0.1) is 0 Å². The predicted octanol–water partition coefficient (Wildman–Crippen LogP) is -5.50. The van der Waals surface area contributed by atoms with Crippen LogP contribution in [0.1, 0.15) is 6.42 Å². The molecular weight excluding hydrogens is 387 g/mol. The van der Waals surface area contributed by atoms with E-state index < -0.39 is 0 Å². The Morgan fingerprint density at radius 1 is 1.00 bits per heavy atom. The average Bonchev–Trinajstić information content (AvgIpc) is 2.63. The van der Waals surface area contributed by atoms with Gasteiger partial charge >= 0.3 is 0 Å². The topological polar surface area (TPSA) is 25.0 Å². The van der Waals surface area contributed by atoms with E-state index in [-0.39, 0.29) is 24.8 Å². The molecule has 7 heteroatoms. The number of piperazine rings is 1. The first-order valence-corrected chi connectivity index (χ1v) is 9.77. The minimum Gasteiger partial charge on any atom is -1.00 e. The minimum atomic E-state index is 0. The quantitative estimate of drug-likeness (QED) is 0.524. The number of pyridine rings is 1. The van der Waals surface area contributed by atoms with Crippen molar-refractivity contribution in [1.82, 2.24) is 4.98 Å². The van der Waals surface area contributed by atoms with E-state index in [0.717, 1.165) is 12.4 Å². The van der Waals surface area contributed by atoms with Crippen molar-refractivity contribution in [3.63, 3.8) is 0 Å². The molecule has 26 heavy (non-hydrogen) atoms. The highest BCUT2D eigenvalue weighted by Crippen LogP contribution is 2.46. The molecule has 1 fully saturated rings. The Morgan fingerprint density at radius 3 is 2.54 bits per heavy atom. The van der Waals surface area contributed by atoms with E-state index in [4.69, 9.17) is 0 Å². The van der Waals surface area contributed by atoms with Gasteiger partial charge in [0.1, 0.15) is 32.0 Å². The van der Waals surface area contributed by atoms with Crippen LogP contribution in [0.15, 0.2) is 52.4 Å². The number of benzene rings is 1. The van der Waals surface area contributed by atoms with Gasteiger partial charge in [-0.3, -0.25) is 0 Å². The van der Waals surface area contributed by atoms with E-state index in [1.165, 1.54) is 54.6 Å². The number of likely N-dealkylation sites (N-methyl/N-ethyl adjacent to an activating group) is 1. The van der Waals surface area contributed by atoms with Gasteiger partial charge < -0.3 is 39.5 Å². The molecule has 0 amide bonds. The molecule has 2 N–H and O–H groups in total. The molecule has 1 aromatic heterocycles. The zero-order valence-electron chi connectivity index (χ0n) is 15.0. The van der Waals surface area contributed by atoms with Gasteiger partial charge in [0.15, 0.2) is 0 Å². The van der Waals surface area contributed by atoms with Gasteiger partial charge in [-0.1, -0.05) is 23.9 Å². The monoisotopic (exact) mass is 412 g/mol. The molecule has 3 heterocycles. The number of quaternary nitrogens is 2. The lowest BCUT2D eigenvalue weighted by atomic mass is 10.2. The molecule has 0 radical (unpaired) electrons. The fourth-order valence-electron chi connectivity index (χ4n) is 3.66. The molecule has 4 nitrogen and oxygen atoms in total. The van der Waals surface area contributed by atoms with Crippen molar-refractivity contribution in [3.05, 3.63) is 42.6 Å². The van der Waals surface area contributed by atoms with E-state index in [0.29, 0.717) is 0 Å². The summed E-state index contributed by atoms with van der Waals surface area (Å²) < 4.78 is 0. The van der Waals surface area contributed by atoms with Crippen molar-refractivity contribution in [2.45, 2.75) is 16.2 Å². The van der Waals surface area contributed by atoms with Crippen LogP contribution in [0.3, 0.4) is 0 Å². The largest absolute Gasteiger partial charge is 1.00 e. The lowest BCUT2D eigenvalue weighted by molar-refractivity contribution is -1.00. The zero-order valence-corrected chi connectivity index (χ0v) is 17.4. The molecule has 1 aromatic carbocycles. The van der Waals surface area contributed by atoms with Crippen LogP contribution in [0.2, 0.25) is 0 Å². The standard InChI is InChI=1S/C19H24N4S.2ClH/c1-21-12-14-22(15-13-21)10-5-11-23-16-6-2-3-7-17(16)24-18-8-4-9-20-19(18)23;;/h2-4,6-9H,5,10-15H2,1H3;2*1H. The first kappa shape index (κ1) is 21.3. The molecule has 0 aliphatic carbocycles. The first-order chi connectivity index (χ1) is 11.8. The Balaban J connectivity index is 0.00000121. The Hall–Kier alpha value is -0.980. The molecule has 0 unspecified atom stereocenters. The normalized spacial score (nSPS) is 21.0. The average molecular weight is 413 g/mol. The fraction of sp³-hybridized carbons (Fsp3) is 0.421. The van der Waals surface area contributed by atoms with Crippen LogP contribution in [0.5, 0.6) is 0 Å². The second-order valence-electron chi connectivity index (χ2n) is 6.86. The third-order valence-electron chi connectivity index (χ3n) is 5.11. The molecular formula is C19H26Cl2N4S. The van der Waals surface area contributed by atoms with Crippen LogP contribution in [0.25, 0.3) is 0 Å². The van der Waals surface area contributed by atoms with E-state index in [2.05, 4.69) is 47.3 Å². The number of nitrogens with one attached hydrogen (secondary N) is 2. The van der Waals surface area contributed by atoms with Gasteiger partial charge in [-0.2, -0.15) is 0 Å². The number of fused-ring (bicyclic) bond motifs is 2. The predicted molar refractivity (Wildman–Crippen MR) is 98.6 cm³/mol. The summed E-state index contributed by atoms with van der Waals surface area (Å²) in [6, 6.07) is 12.9. The van der Waals surface area contributed by atoms with Crippen molar-refractivity contribution in [2.75, 3.05) is 51.2 Å². The molecule has 0 saturated carbocycles. The Morgan fingerprint density at radius 2 is 1.73 bits per heavy atom. The highest BCUT2D eigenvalue weighted by molar-refractivity contribution is 7.99. The number of halogens is 2. The highest BCUT2D eigenvalue weighted by Gasteiger charge is 2.25. The SMILES string of the molecule is C[NH+]1CC[NH+](CCCN2c3ccccc3Sc3cccnc32)CC1.[Cl-].[Cl-]. The molecule has 142 valence electrons. The lowest BCUT2D eigenvalue weighted by Crippen LogP contribution is -3.27. The first-order valence-electron chi connectivity index (χ1n) is 8.95. The highest BCUT2D eigenvalue weighted by atomic mass is 35.5. The van der Waals surface area contributed by atoms with Gasteiger partial charge in [-0.15, -0.1) is 0 Å². The number of anilines is 2. The Kier molecular flexibility index (Phi) is 8.05. The molecule has 4 rings (SSSR count). The van der Waals surface area contributed by atoms with E-state index in [1.807, 2.05) is 24.0 Å². The zero-order chi connectivity index (χ0) is 16.4. The molecule has 2 aromatic rings. The van der Waals surface area contributed by atoms with Gasteiger partial charge in [-0.25, -0.2) is 4.98 Å². The summed E-state index contributed by atoms with van der Waals surface area (Å²) in [5.74, 6) is 1.12. The van der Waals surface area contributed by atoms with Crippen molar-refractivity contribution < 1.29 is 34.6 Å². The molecule has 2 aliphatic rings. The van der Waals surface area contributed by atoms with Crippen molar-refractivity contribution in [1.29, 1.82) is 0 Å².